The molecule has 0 radical (unpaired) electrons. The van der Waals surface area contributed by atoms with Crippen molar-refractivity contribution in [2.75, 3.05) is 49.5 Å². The highest BCUT2D eigenvalue weighted by molar-refractivity contribution is 5.73. The Hall–Kier alpha value is -3.24. The Morgan fingerprint density at radius 1 is 1.15 bits per heavy atom. The predicted octanol–water partition coefficient (Wildman–Crippen LogP) is 4.85. The summed E-state index contributed by atoms with van der Waals surface area (Å²) in [5.74, 6) is 1.65. The maximum atomic E-state index is 12.5. The van der Waals surface area contributed by atoms with E-state index in [4.69, 9.17) is 9.84 Å². The third kappa shape index (κ3) is 10.6. The molecule has 1 saturated heterocycles. The van der Waals surface area contributed by atoms with E-state index in [1.807, 2.05) is 25.7 Å². The van der Waals surface area contributed by atoms with Gasteiger partial charge in [-0.1, -0.05) is 57.4 Å². The van der Waals surface area contributed by atoms with Gasteiger partial charge < -0.3 is 20.1 Å². The number of carbonyl (C=O) groups excluding carboxylic acids is 2. The van der Waals surface area contributed by atoms with E-state index in [0.29, 0.717) is 43.9 Å². The SMILES string of the molecule is CC(C)(C)OC(=O)N1CCN(C(CC2CC2)c2ccc(CNc3nccc(N(C=O)CCO)n3)cc2)CC1.CCC. The molecule has 2 amide bonds. The highest BCUT2D eigenvalue weighted by Crippen LogP contribution is 2.40. The lowest BCUT2D eigenvalue weighted by Gasteiger charge is -2.40. The van der Waals surface area contributed by atoms with Crippen molar-refractivity contribution in [3.05, 3.63) is 47.7 Å². The molecule has 10 nitrogen and oxygen atoms in total. The zero-order valence-electron chi connectivity index (χ0n) is 25.4. The van der Waals surface area contributed by atoms with Gasteiger partial charge in [-0.3, -0.25) is 14.6 Å². The minimum atomic E-state index is -0.482. The molecule has 1 saturated carbocycles. The molecule has 0 bridgehead atoms. The molecule has 226 valence electrons. The number of carbonyl (C=O) groups is 2. The van der Waals surface area contributed by atoms with Crippen LogP contribution in [0, 0.1) is 5.92 Å². The van der Waals surface area contributed by atoms with E-state index in [1.165, 1.54) is 29.7 Å². The summed E-state index contributed by atoms with van der Waals surface area (Å²) in [6, 6.07) is 10.6. The van der Waals surface area contributed by atoms with Crippen LogP contribution in [0.4, 0.5) is 16.6 Å². The van der Waals surface area contributed by atoms with Crippen LogP contribution in [0.3, 0.4) is 0 Å². The van der Waals surface area contributed by atoms with E-state index < -0.39 is 5.60 Å². The molecular weight excluding hydrogens is 520 g/mol. The van der Waals surface area contributed by atoms with Crippen LogP contribution in [0.1, 0.15) is 77.5 Å². The number of aliphatic hydroxyl groups is 1. The molecule has 1 unspecified atom stereocenters. The van der Waals surface area contributed by atoms with E-state index in [0.717, 1.165) is 31.0 Å². The standard InChI is InChI=1S/C28H40N6O4.C3H8/c1-28(2,3)38-27(37)33-14-12-32(13-15-33)24(18-21-4-5-21)23-8-6-22(7-9-23)19-30-26-29-11-10-25(31-26)34(20-36)16-17-35;1-3-2/h6-11,20-21,24,35H,4-5,12-19H2,1-3H3,(H,29,30,31);3H2,1-2H3. The molecule has 2 heterocycles. The minimum Gasteiger partial charge on any atom is -0.444 e. The van der Waals surface area contributed by atoms with Crippen LogP contribution in [-0.4, -0.2) is 82.3 Å². The number of aliphatic hydroxyl groups excluding tert-OH is 1. The van der Waals surface area contributed by atoms with Crippen LogP contribution in [0.15, 0.2) is 36.5 Å². The van der Waals surface area contributed by atoms with E-state index in [1.54, 1.807) is 12.3 Å². The van der Waals surface area contributed by atoms with Crippen molar-refractivity contribution in [1.82, 2.24) is 19.8 Å². The highest BCUT2D eigenvalue weighted by atomic mass is 16.6. The average molecular weight is 569 g/mol. The Bertz CT molecular complexity index is 1080. The van der Waals surface area contributed by atoms with Crippen molar-refractivity contribution in [2.24, 2.45) is 5.92 Å². The first-order valence-electron chi connectivity index (χ1n) is 14.9. The molecule has 1 aliphatic heterocycles. The fourth-order valence-electron chi connectivity index (χ4n) is 4.67. The summed E-state index contributed by atoms with van der Waals surface area (Å²) in [6.45, 7) is 13.6. The van der Waals surface area contributed by atoms with Crippen molar-refractivity contribution < 1.29 is 19.4 Å². The zero-order valence-corrected chi connectivity index (χ0v) is 25.4. The molecule has 2 N–H and O–H groups in total. The van der Waals surface area contributed by atoms with Crippen molar-refractivity contribution in [2.45, 2.75) is 78.5 Å². The molecule has 2 aromatic rings. The van der Waals surface area contributed by atoms with Gasteiger partial charge in [0.15, 0.2) is 0 Å². The first-order valence-corrected chi connectivity index (χ1v) is 14.9. The van der Waals surface area contributed by atoms with Crippen molar-refractivity contribution >= 4 is 24.3 Å². The van der Waals surface area contributed by atoms with Crippen LogP contribution in [0.25, 0.3) is 0 Å². The van der Waals surface area contributed by atoms with Gasteiger partial charge in [-0.25, -0.2) is 9.78 Å². The third-order valence-corrected chi connectivity index (χ3v) is 6.88. The molecule has 0 spiro atoms. The Labute approximate surface area is 245 Å². The van der Waals surface area contributed by atoms with Crippen molar-refractivity contribution in [1.29, 1.82) is 0 Å². The molecule has 10 heteroatoms. The summed E-state index contributed by atoms with van der Waals surface area (Å²) in [5.41, 5.74) is 1.92. The van der Waals surface area contributed by atoms with E-state index in [-0.39, 0.29) is 19.2 Å². The van der Waals surface area contributed by atoms with Crippen LogP contribution in [-0.2, 0) is 16.1 Å². The van der Waals surface area contributed by atoms with Gasteiger partial charge in [-0.05, 0) is 50.3 Å². The fourth-order valence-corrected chi connectivity index (χ4v) is 4.67. The number of benzene rings is 1. The normalized spacial score (nSPS) is 16.3. The van der Waals surface area contributed by atoms with E-state index in [9.17, 15) is 9.59 Å². The number of nitrogens with zero attached hydrogens (tertiary/aromatic N) is 5. The fraction of sp³-hybridized carbons (Fsp3) is 0.613. The second-order valence-electron chi connectivity index (χ2n) is 11.8. The Balaban J connectivity index is 0.00000147. The largest absolute Gasteiger partial charge is 0.444 e. The number of hydrogen-bond donors (Lipinski definition) is 2. The van der Waals surface area contributed by atoms with E-state index >= 15 is 0 Å². The molecule has 2 fully saturated rings. The average Bonchev–Trinajstić information content (AvgIpc) is 3.78. The molecule has 1 aliphatic carbocycles. The van der Waals surface area contributed by atoms with Gasteiger partial charge in [0.2, 0.25) is 12.4 Å². The first kappa shape index (κ1) is 32.3. The molecule has 4 rings (SSSR count). The lowest BCUT2D eigenvalue weighted by Crippen LogP contribution is -2.50. The lowest BCUT2D eigenvalue weighted by molar-refractivity contribution is -0.107. The summed E-state index contributed by atoms with van der Waals surface area (Å²) < 4.78 is 5.56. The van der Waals surface area contributed by atoms with Crippen molar-refractivity contribution in [3.63, 3.8) is 0 Å². The topological polar surface area (TPSA) is 111 Å². The van der Waals surface area contributed by atoms with Gasteiger partial charge in [0, 0.05) is 45.0 Å². The van der Waals surface area contributed by atoms with Gasteiger partial charge in [0.05, 0.1) is 13.2 Å². The van der Waals surface area contributed by atoms with E-state index in [2.05, 4.69) is 58.3 Å². The van der Waals surface area contributed by atoms with Crippen LogP contribution < -0.4 is 10.2 Å². The molecule has 1 aromatic carbocycles. The maximum Gasteiger partial charge on any atom is 0.410 e. The number of amides is 2. The highest BCUT2D eigenvalue weighted by Gasteiger charge is 2.33. The number of nitrogens with one attached hydrogen (secondary N) is 1. The number of rotatable bonds is 11. The molecule has 1 aromatic heterocycles. The number of piperazine rings is 1. The van der Waals surface area contributed by atoms with Gasteiger partial charge in [-0.15, -0.1) is 0 Å². The summed E-state index contributed by atoms with van der Waals surface area (Å²) in [4.78, 5) is 38.0. The monoisotopic (exact) mass is 568 g/mol. The zero-order chi connectivity index (χ0) is 29.8. The van der Waals surface area contributed by atoms with Crippen LogP contribution in [0.2, 0.25) is 0 Å². The first-order chi connectivity index (χ1) is 19.7. The van der Waals surface area contributed by atoms with Crippen LogP contribution >= 0.6 is 0 Å². The summed E-state index contributed by atoms with van der Waals surface area (Å²) >= 11 is 0. The summed E-state index contributed by atoms with van der Waals surface area (Å²) in [6.07, 6.45) is 7.01. The van der Waals surface area contributed by atoms with Gasteiger partial charge in [0.25, 0.3) is 0 Å². The quantitative estimate of drug-likeness (QED) is 0.370. The Morgan fingerprint density at radius 2 is 1.80 bits per heavy atom. The second kappa shape index (κ2) is 15.7. The Morgan fingerprint density at radius 3 is 2.37 bits per heavy atom. The maximum absolute atomic E-state index is 12.5. The Kier molecular flexibility index (Phi) is 12.3. The molecule has 1 atom stereocenters. The molecule has 41 heavy (non-hydrogen) atoms. The second-order valence-corrected chi connectivity index (χ2v) is 11.8. The predicted molar refractivity (Wildman–Crippen MR) is 162 cm³/mol. The number of hydrogen-bond acceptors (Lipinski definition) is 8. The number of aromatic nitrogens is 2. The van der Waals surface area contributed by atoms with Gasteiger partial charge in [-0.2, -0.15) is 4.98 Å². The van der Waals surface area contributed by atoms with Gasteiger partial charge in [0.1, 0.15) is 11.4 Å². The lowest BCUT2D eigenvalue weighted by atomic mass is 9.97. The summed E-state index contributed by atoms with van der Waals surface area (Å²) in [5, 5.41) is 12.4. The summed E-state index contributed by atoms with van der Waals surface area (Å²) in [7, 11) is 0. The van der Waals surface area contributed by atoms with Gasteiger partial charge >= 0.3 is 6.09 Å². The molecule has 2 aliphatic rings. The van der Waals surface area contributed by atoms with Crippen LogP contribution in [0.5, 0.6) is 0 Å². The minimum absolute atomic E-state index is 0.140. The number of ether oxygens (including phenoxy) is 1. The molecular formula is C31H48N6O4. The van der Waals surface area contributed by atoms with Crippen molar-refractivity contribution in [3.8, 4) is 0 Å². The smallest absolute Gasteiger partial charge is 0.410 e. The number of anilines is 2. The third-order valence-electron chi connectivity index (χ3n) is 6.88.